The first kappa shape index (κ1) is 15.8. The topological polar surface area (TPSA) is 70.7 Å². The van der Waals surface area contributed by atoms with Crippen molar-refractivity contribution < 1.29 is 14.3 Å². The van der Waals surface area contributed by atoms with Crippen LogP contribution in [0.15, 0.2) is 18.2 Å². The maximum atomic E-state index is 12.6. The van der Waals surface area contributed by atoms with Gasteiger partial charge in [0.25, 0.3) is 5.91 Å². The summed E-state index contributed by atoms with van der Waals surface area (Å²) in [6, 6.07) is 5.16. The number of carbonyl (C=O) groups excluding carboxylic acids is 2. The molecule has 0 aromatic heterocycles. The number of hydrogen-bond acceptors (Lipinski definition) is 4. The summed E-state index contributed by atoms with van der Waals surface area (Å²) in [5.41, 5.74) is 2.73. The first-order valence-electron chi connectivity index (χ1n) is 8.20. The Morgan fingerprint density at radius 3 is 2.87 bits per heavy atom. The molecule has 2 aliphatic heterocycles. The average Bonchev–Trinajstić information content (AvgIpc) is 2.61. The second kappa shape index (κ2) is 7.00. The van der Waals surface area contributed by atoms with Crippen molar-refractivity contribution >= 4 is 17.5 Å². The standard InChI is InChI=1S/C17H23N3O3/c1-12(17(22)20-8-10-23-11-9-20)19-16(21)14-4-2-6-15-13(14)5-3-7-18-15/h2,4,6,12,18H,3,5,7-11H2,1H3,(H,19,21). The zero-order chi connectivity index (χ0) is 16.2. The summed E-state index contributed by atoms with van der Waals surface area (Å²) in [6.45, 7) is 4.97. The molecular formula is C17H23N3O3. The Balaban J connectivity index is 1.68. The SMILES string of the molecule is CC(NC(=O)c1cccc2c1CCCN2)C(=O)N1CCOCC1. The van der Waals surface area contributed by atoms with Gasteiger partial charge in [0.05, 0.1) is 13.2 Å². The van der Waals surface area contributed by atoms with Crippen LogP contribution in [0.2, 0.25) is 0 Å². The van der Waals surface area contributed by atoms with Crippen LogP contribution in [0, 0.1) is 0 Å². The van der Waals surface area contributed by atoms with Crippen molar-refractivity contribution in [3.05, 3.63) is 29.3 Å². The molecule has 0 spiro atoms. The zero-order valence-electron chi connectivity index (χ0n) is 13.4. The Bertz CT molecular complexity index is 597. The molecule has 2 amide bonds. The van der Waals surface area contributed by atoms with Crippen LogP contribution >= 0.6 is 0 Å². The van der Waals surface area contributed by atoms with E-state index in [1.165, 1.54) is 0 Å². The first-order valence-corrected chi connectivity index (χ1v) is 8.20. The summed E-state index contributed by atoms with van der Waals surface area (Å²) in [7, 11) is 0. The highest BCUT2D eigenvalue weighted by molar-refractivity contribution is 5.99. The first-order chi connectivity index (χ1) is 11.2. The predicted molar refractivity (Wildman–Crippen MR) is 87.6 cm³/mol. The fraction of sp³-hybridized carbons (Fsp3) is 0.529. The lowest BCUT2D eigenvalue weighted by Gasteiger charge is -2.29. The molecule has 0 bridgehead atoms. The van der Waals surface area contributed by atoms with E-state index in [4.69, 9.17) is 4.74 Å². The Kier molecular flexibility index (Phi) is 4.81. The lowest BCUT2D eigenvalue weighted by atomic mass is 9.97. The fourth-order valence-corrected chi connectivity index (χ4v) is 3.12. The van der Waals surface area contributed by atoms with Crippen molar-refractivity contribution in [1.29, 1.82) is 0 Å². The van der Waals surface area contributed by atoms with E-state index in [2.05, 4.69) is 10.6 Å². The normalized spacial score (nSPS) is 18.6. The highest BCUT2D eigenvalue weighted by Crippen LogP contribution is 2.25. The van der Waals surface area contributed by atoms with Gasteiger partial charge in [-0.3, -0.25) is 9.59 Å². The molecule has 2 heterocycles. The number of rotatable bonds is 3. The minimum atomic E-state index is -0.534. The molecule has 3 rings (SSSR count). The molecule has 1 unspecified atom stereocenters. The molecule has 6 heteroatoms. The lowest BCUT2D eigenvalue weighted by Crippen LogP contribution is -2.50. The minimum Gasteiger partial charge on any atom is -0.385 e. The van der Waals surface area contributed by atoms with Crippen molar-refractivity contribution in [3.63, 3.8) is 0 Å². The van der Waals surface area contributed by atoms with Crippen LogP contribution in [-0.4, -0.2) is 55.6 Å². The Hall–Kier alpha value is -2.08. The van der Waals surface area contributed by atoms with Crippen molar-refractivity contribution in [2.75, 3.05) is 38.2 Å². The molecule has 23 heavy (non-hydrogen) atoms. The van der Waals surface area contributed by atoms with Crippen LogP contribution in [0.25, 0.3) is 0 Å². The van der Waals surface area contributed by atoms with E-state index in [1.54, 1.807) is 11.8 Å². The van der Waals surface area contributed by atoms with Crippen molar-refractivity contribution in [2.24, 2.45) is 0 Å². The minimum absolute atomic E-state index is 0.0513. The fourth-order valence-electron chi connectivity index (χ4n) is 3.12. The van der Waals surface area contributed by atoms with E-state index in [1.807, 2.05) is 18.2 Å². The van der Waals surface area contributed by atoms with Gasteiger partial charge in [0.2, 0.25) is 5.91 Å². The number of nitrogens with zero attached hydrogens (tertiary/aromatic N) is 1. The van der Waals surface area contributed by atoms with Crippen LogP contribution in [0.5, 0.6) is 0 Å². The second-order valence-electron chi connectivity index (χ2n) is 5.99. The maximum absolute atomic E-state index is 12.6. The van der Waals surface area contributed by atoms with Gasteiger partial charge in [0.15, 0.2) is 0 Å². The molecule has 1 aromatic carbocycles. The summed E-state index contributed by atoms with van der Waals surface area (Å²) >= 11 is 0. The molecular weight excluding hydrogens is 294 g/mol. The maximum Gasteiger partial charge on any atom is 0.252 e. The molecule has 1 saturated heterocycles. The van der Waals surface area contributed by atoms with Gasteiger partial charge >= 0.3 is 0 Å². The number of ether oxygens (including phenoxy) is 1. The molecule has 2 aliphatic rings. The number of amides is 2. The third-order valence-corrected chi connectivity index (χ3v) is 4.38. The van der Waals surface area contributed by atoms with Gasteiger partial charge in [-0.2, -0.15) is 0 Å². The number of carbonyl (C=O) groups is 2. The van der Waals surface area contributed by atoms with Gasteiger partial charge in [-0.05, 0) is 37.5 Å². The molecule has 1 aromatic rings. The third kappa shape index (κ3) is 3.47. The highest BCUT2D eigenvalue weighted by atomic mass is 16.5. The van der Waals surface area contributed by atoms with Crippen LogP contribution < -0.4 is 10.6 Å². The van der Waals surface area contributed by atoms with Gasteiger partial charge in [-0.25, -0.2) is 0 Å². The Morgan fingerprint density at radius 2 is 2.09 bits per heavy atom. The molecule has 1 fully saturated rings. The van der Waals surface area contributed by atoms with Crippen molar-refractivity contribution in [3.8, 4) is 0 Å². The van der Waals surface area contributed by atoms with E-state index in [9.17, 15) is 9.59 Å². The van der Waals surface area contributed by atoms with Crippen molar-refractivity contribution in [2.45, 2.75) is 25.8 Å². The van der Waals surface area contributed by atoms with Gasteiger partial charge in [-0.1, -0.05) is 6.07 Å². The molecule has 2 N–H and O–H groups in total. The van der Waals surface area contributed by atoms with Crippen LogP contribution in [-0.2, 0) is 16.0 Å². The molecule has 6 nitrogen and oxygen atoms in total. The molecule has 124 valence electrons. The number of benzene rings is 1. The number of nitrogens with one attached hydrogen (secondary N) is 2. The van der Waals surface area contributed by atoms with E-state index >= 15 is 0 Å². The largest absolute Gasteiger partial charge is 0.385 e. The highest BCUT2D eigenvalue weighted by Gasteiger charge is 2.25. The van der Waals surface area contributed by atoms with Crippen LogP contribution in [0.4, 0.5) is 5.69 Å². The molecule has 0 saturated carbocycles. The zero-order valence-corrected chi connectivity index (χ0v) is 13.4. The summed E-state index contributed by atoms with van der Waals surface area (Å²) in [4.78, 5) is 26.7. The van der Waals surface area contributed by atoms with E-state index in [0.717, 1.165) is 30.6 Å². The average molecular weight is 317 g/mol. The quantitative estimate of drug-likeness (QED) is 0.873. The summed E-state index contributed by atoms with van der Waals surface area (Å²) in [6.07, 6.45) is 1.90. The van der Waals surface area contributed by atoms with Gasteiger partial charge < -0.3 is 20.3 Å². The lowest BCUT2D eigenvalue weighted by molar-refractivity contribution is -0.136. The van der Waals surface area contributed by atoms with Crippen LogP contribution in [0.3, 0.4) is 0 Å². The predicted octanol–water partition coefficient (Wildman–Crippen LogP) is 1.02. The number of hydrogen-bond donors (Lipinski definition) is 2. The summed E-state index contributed by atoms with van der Waals surface area (Å²) in [5.74, 6) is -0.232. The van der Waals surface area contributed by atoms with Gasteiger partial charge in [-0.15, -0.1) is 0 Å². The monoisotopic (exact) mass is 317 g/mol. The van der Waals surface area contributed by atoms with Gasteiger partial charge in [0.1, 0.15) is 6.04 Å². The summed E-state index contributed by atoms with van der Waals surface area (Å²) < 4.78 is 5.25. The van der Waals surface area contributed by atoms with E-state index in [0.29, 0.717) is 31.9 Å². The second-order valence-corrected chi connectivity index (χ2v) is 5.99. The Morgan fingerprint density at radius 1 is 1.30 bits per heavy atom. The van der Waals surface area contributed by atoms with E-state index < -0.39 is 6.04 Å². The van der Waals surface area contributed by atoms with Crippen molar-refractivity contribution in [1.82, 2.24) is 10.2 Å². The Labute approximate surface area is 136 Å². The number of morpholine rings is 1. The van der Waals surface area contributed by atoms with Crippen LogP contribution in [0.1, 0.15) is 29.3 Å². The van der Waals surface area contributed by atoms with E-state index in [-0.39, 0.29) is 11.8 Å². The molecule has 1 atom stereocenters. The number of fused-ring (bicyclic) bond motifs is 1. The van der Waals surface area contributed by atoms with Gasteiger partial charge in [0, 0.05) is 30.9 Å². The smallest absolute Gasteiger partial charge is 0.252 e. The molecule has 0 aliphatic carbocycles. The number of anilines is 1. The summed E-state index contributed by atoms with van der Waals surface area (Å²) in [5, 5.41) is 6.16. The molecule has 0 radical (unpaired) electrons. The third-order valence-electron chi connectivity index (χ3n) is 4.38.